The van der Waals surface area contributed by atoms with Gasteiger partial charge in [0, 0.05) is 24.0 Å². The number of thiazole rings is 1. The van der Waals surface area contributed by atoms with Crippen LogP contribution in [0.3, 0.4) is 0 Å². The van der Waals surface area contributed by atoms with E-state index in [1.54, 1.807) is 22.4 Å². The highest BCUT2D eigenvalue weighted by Crippen LogP contribution is 2.44. The van der Waals surface area contributed by atoms with Crippen LogP contribution >= 0.6 is 11.3 Å². The molecule has 2 atom stereocenters. The highest BCUT2D eigenvalue weighted by molar-refractivity contribution is 7.13. The van der Waals surface area contributed by atoms with Crippen molar-refractivity contribution in [3.63, 3.8) is 0 Å². The van der Waals surface area contributed by atoms with Crippen molar-refractivity contribution in [2.45, 2.75) is 19.3 Å². The molecule has 1 aliphatic carbocycles. The zero-order valence-electron chi connectivity index (χ0n) is 14.1. The Hall–Kier alpha value is -2.28. The lowest BCUT2D eigenvalue weighted by molar-refractivity contribution is -0.142. The van der Waals surface area contributed by atoms with E-state index in [0.717, 1.165) is 12.8 Å². The number of carboxylic acids is 1. The van der Waals surface area contributed by atoms with E-state index in [2.05, 4.69) is 4.98 Å². The third-order valence-electron chi connectivity index (χ3n) is 5.22. The van der Waals surface area contributed by atoms with E-state index in [9.17, 15) is 19.1 Å². The topological polar surface area (TPSA) is 70.5 Å². The van der Waals surface area contributed by atoms with Gasteiger partial charge in [0.25, 0.3) is 0 Å². The summed E-state index contributed by atoms with van der Waals surface area (Å²) in [5.41, 5.74) is 1.33. The number of aliphatic carboxylic acids is 1. The average molecular weight is 374 g/mol. The van der Waals surface area contributed by atoms with E-state index in [4.69, 9.17) is 0 Å². The second-order valence-corrected chi connectivity index (χ2v) is 7.93. The molecule has 26 heavy (non-hydrogen) atoms. The van der Waals surface area contributed by atoms with Crippen LogP contribution in [0.1, 0.15) is 18.5 Å². The number of benzene rings is 1. The SMILES string of the molecule is O=C(O)[C@H]1CN(C(=O)Cc2csc(-c3cccc(F)c3)n2)C[C@@H]1C1CC1. The number of likely N-dealkylation sites (tertiary alicyclic amines) is 1. The zero-order chi connectivity index (χ0) is 18.3. The van der Waals surface area contributed by atoms with Crippen LogP contribution in [0, 0.1) is 23.6 Å². The number of aromatic nitrogens is 1. The van der Waals surface area contributed by atoms with Gasteiger partial charge in [-0.2, -0.15) is 0 Å². The fraction of sp³-hybridized carbons (Fsp3) is 0.421. The fourth-order valence-corrected chi connectivity index (χ4v) is 4.52. The number of nitrogens with zero attached hydrogens (tertiary/aromatic N) is 2. The fourth-order valence-electron chi connectivity index (χ4n) is 3.70. The molecule has 5 nitrogen and oxygen atoms in total. The van der Waals surface area contributed by atoms with Gasteiger partial charge in [-0.1, -0.05) is 12.1 Å². The van der Waals surface area contributed by atoms with Gasteiger partial charge in [0.05, 0.1) is 18.0 Å². The molecule has 1 saturated carbocycles. The quantitative estimate of drug-likeness (QED) is 0.873. The number of carbonyl (C=O) groups excluding carboxylic acids is 1. The third-order valence-corrected chi connectivity index (χ3v) is 6.16. The predicted molar refractivity (Wildman–Crippen MR) is 95.1 cm³/mol. The van der Waals surface area contributed by atoms with Gasteiger partial charge >= 0.3 is 5.97 Å². The molecule has 7 heteroatoms. The molecule has 1 aromatic heterocycles. The molecule has 1 saturated heterocycles. The summed E-state index contributed by atoms with van der Waals surface area (Å²) in [4.78, 5) is 30.2. The van der Waals surface area contributed by atoms with Crippen LogP contribution in [0.2, 0.25) is 0 Å². The van der Waals surface area contributed by atoms with E-state index in [1.165, 1.54) is 23.5 Å². The van der Waals surface area contributed by atoms with Gasteiger partial charge in [0.15, 0.2) is 0 Å². The Morgan fingerprint density at radius 2 is 2.12 bits per heavy atom. The lowest BCUT2D eigenvalue weighted by atomic mass is 9.92. The highest BCUT2D eigenvalue weighted by Gasteiger charge is 2.46. The highest BCUT2D eigenvalue weighted by atomic mass is 32.1. The van der Waals surface area contributed by atoms with Crippen molar-refractivity contribution in [1.29, 1.82) is 0 Å². The summed E-state index contributed by atoms with van der Waals surface area (Å²) >= 11 is 1.37. The molecule has 0 bridgehead atoms. The molecule has 2 aromatic rings. The first-order chi connectivity index (χ1) is 12.5. The summed E-state index contributed by atoms with van der Waals surface area (Å²) in [5, 5.41) is 11.9. The van der Waals surface area contributed by atoms with Crippen molar-refractivity contribution >= 4 is 23.2 Å². The summed E-state index contributed by atoms with van der Waals surface area (Å²) in [6.45, 7) is 0.817. The monoisotopic (exact) mass is 374 g/mol. The Morgan fingerprint density at radius 3 is 2.81 bits per heavy atom. The van der Waals surface area contributed by atoms with Crippen molar-refractivity contribution in [2.75, 3.05) is 13.1 Å². The normalized spacial score (nSPS) is 22.6. The minimum atomic E-state index is -0.806. The molecule has 1 amide bonds. The number of carboxylic acid groups (broad SMARTS) is 1. The number of rotatable bonds is 5. The van der Waals surface area contributed by atoms with Gasteiger partial charge in [-0.3, -0.25) is 9.59 Å². The molecule has 0 unspecified atom stereocenters. The van der Waals surface area contributed by atoms with Crippen LogP contribution in [0.25, 0.3) is 10.6 Å². The van der Waals surface area contributed by atoms with E-state index in [0.29, 0.717) is 28.7 Å². The predicted octanol–water partition coefficient (Wildman–Crippen LogP) is 3.06. The Labute approximate surface area is 154 Å². The average Bonchev–Trinajstić information content (AvgIpc) is 3.17. The van der Waals surface area contributed by atoms with Gasteiger partial charge in [-0.15, -0.1) is 11.3 Å². The number of halogens is 1. The Morgan fingerprint density at radius 1 is 1.31 bits per heavy atom. The van der Waals surface area contributed by atoms with Crippen LogP contribution < -0.4 is 0 Å². The van der Waals surface area contributed by atoms with E-state index in [1.807, 2.05) is 0 Å². The molecule has 4 rings (SSSR count). The van der Waals surface area contributed by atoms with Crippen molar-refractivity contribution in [2.24, 2.45) is 17.8 Å². The Bertz CT molecular complexity index is 849. The van der Waals surface area contributed by atoms with E-state index >= 15 is 0 Å². The lowest BCUT2D eigenvalue weighted by Gasteiger charge is -2.15. The maximum Gasteiger partial charge on any atom is 0.308 e. The van der Waals surface area contributed by atoms with Gasteiger partial charge in [0.1, 0.15) is 10.8 Å². The first-order valence-electron chi connectivity index (χ1n) is 8.72. The molecule has 2 aliphatic rings. The molecule has 1 aromatic carbocycles. The van der Waals surface area contributed by atoms with Crippen LogP contribution in [0.15, 0.2) is 29.6 Å². The first kappa shape index (κ1) is 17.1. The molecule has 136 valence electrons. The third kappa shape index (κ3) is 3.49. The first-order valence-corrected chi connectivity index (χ1v) is 9.60. The number of hydrogen-bond acceptors (Lipinski definition) is 4. The largest absolute Gasteiger partial charge is 0.481 e. The van der Waals surface area contributed by atoms with E-state index in [-0.39, 0.29) is 30.6 Å². The van der Waals surface area contributed by atoms with Crippen LogP contribution in [0.4, 0.5) is 4.39 Å². The molecule has 1 N–H and O–H groups in total. The van der Waals surface area contributed by atoms with Gasteiger partial charge < -0.3 is 10.0 Å². The van der Waals surface area contributed by atoms with Crippen molar-refractivity contribution in [3.05, 3.63) is 41.2 Å². The lowest BCUT2D eigenvalue weighted by Crippen LogP contribution is -2.31. The molecule has 0 radical (unpaired) electrons. The van der Waals surface area contributed by atoms with Crippen LogP contribution in [0.5, 0.6) is 0 Å². The molecule has 2 heterocycles. The van der Waals surface area contributed by atoms with Crippen molar-refractivity contribution in [3.8, 4) is 10.6 Å². The summed E-state index contributed by atoms with van der Waals surface area (Å²) in [6.07, 6.45) is 2.29. The molecule has 2 fully saturated rings. The van der Waals surface area contributed by atoms with Crippen LogP contribution in [-0.4, -0.2) is 40.0 Å². The summed E-state index contributed by atoms with van der Waals surface area (Å²) in [5.74, 6) is -1.14. The molecular formula is C19H19FN2O3S. The van der Waals surface area contributed by atoms with Crippen LogP contribution in [-0.2, 0) is 16.0 Å². The number of amides is 1. The number of hydrogen-bond donors (Lipinski definition) is 1. The second-order valence-electron chi connectivity index (χ2n) is 7.08. The maximum atomic E-state index is 13.4. The summed E-state index contributed by atoms with van der Waals surface area (Å²) in [6, 6.07) is 6.21. The number of carbonyl (C=O) groups is 2. The van der Waals surface area contributed by atoms with Gasteiger partial charge in [-0.05, 0) is 36.8 Å². The Balaban J connectivity index is 1.43. The summed E-state index contributed by atoms with van der Waals surface area (Å²) in [7, 11) is 0. The molecule has 0 spiro atoms. The second kappa shape index (κ2) is 6.79. The summed E-state index contributed by atoms with van der Waals surface area (Å²) < 4.78 is 13.4. The standard InChI is InChI=1S/C19H19FN2O3S/c20-13-3-1-2-12(6-13)18-21-14(10-26-18)7-17(23)22-8-15(11-4-5-11)16(9-22)19(24)25/h1-3,6,10-11,15-16H,4-5,7-9H2,(H,24,25)/t15-,16+/m1/s1. The van der Waals surface area contributed by atoms with Gasteiger partial charge in [0.2, 0.25) is 5.91 Å². The molecular weight excluding hydrogens is 355 g/mol. The minimum Gasteiger partial charge on any atom is -0.481 e. The zero-order valence-corrected chi connectivity index (χ0v) is 14.9. The van der Waals surface area contributed by atoms with Crippen molar-refractivity contribution in [1.82, 2.24) is 9.88 Å². The van der Waals surface area contributed by atoms with Gasteiger partial charge in [-0.25, -0.2) is 9.37 Å². The maximum absolute atomic E-state index is 13.4. The smallest absolute Gasteiger partial charge is 0.308 e. The minimum absolute atomic E-state index is 0.0785. The Kier molecular flexibility index (Phi) is 4.48. The van der Waals surface area contributed by atoms with Crippen molar-refractivity contribution < 1.29 is 19.1 Å². The molecule has 1 aliphatic heterocycles. The van der Waals surface area contributed by atoms with E-state index < -0.39 is 11.9 Å².